The van der Waals surface area contributed by atoms with Gasteiger partial charge in [-0.2, -0.15) is 0 Å². The summed E-state index contributed by atoms with van der Waals surface area (Å²) in [4.78, 5) is 15.8. The smallest absolute Gasteiger partial charge is 0.255 e. The van der Waals surface area contributed by atoms with Crippen molar-refractivity contribution in [2.24, 2.45) is 0 Å². The molecule has 172 valence electrons. The summed E-state index contributed by atoms with van der Waals surface area (Å²) >= 11 is 1.46. The van der Waals surface area contributed by atoms with Crippen LogP contribution in [-0.2, 0) is 20.2 Å². The van der Waals surface area contributed by atoms with Gasteiger partial charge in [0, 0.05) is 43.2 Å². The van der Waals surface area contributed by atoms with Crippen molar-refractivity contribution in [1.29, 1.82) is 0 Å². The summed E-state index contributed by atoms with van der Waals surface area (Å²) in [5.74, 6) is -0.0888. The lowest BCUT2D eigenvalue weighted by atomic mass is 9.74. The molecule has 2 heterocycles. The van der Waals surface area contributed by atoms with Gasteiger partial charge in [0.1, 0.15) is 0 Å². The first-order valence-corrected chi connectivity index (χ1v) is 13.8. The van der Waals surface area contributed by atoms with E-state index < -0.39 is 10.0 Å². The first-order valence-electron chi connectivity index (χ1n) is 11.1. The van der Waals surface area contributed by atoms with E-state index in [4.69, 9.17) is 4.74 Å². The maximum absolute atomic E-state index is 13.3. The fourth-order valence-corrected chi connectivity index (χ4v) is 6.27. The van der Waals surface area contributed by atoms with Crippen LogP contribution in [-0.4, -0.2) is 58.3 Å². The molecule has 4 rings (SSSR count). The normalized spacial score (nSPS) is 18.6. The fourth-order valence-electron chi connectivity index (χ4n) is 4.55. The number of amides is 1. The molecular formula is C24H30N2O4S2. The number of hydrogen-bond acceptors (Lipinski definition) is 5. The Morgan fingerprint density at radius 1 is 1.09 bits per heavy atom. The van der Waals surface area contributed by atoms with Crippen molar-refractivity contribution < 1.29 is 17.9 Å². The average Bonchev–Trinajstić information content (AvgIpc) is 3.38. The molecule has 0 saturated carbocycles. The van der Waals surface area contributed by atoms with Gasteiger partial charge in [0.05, 0.1) is 10.5 Å². The minimum Gasteiger partial charge on any atom is -0.381 e. The van der Waals surface area contributed by atoms with E-state index in [2.05, 4.69) is 16.9 Å². The third-order valence-corrected chi connectivity index (χ3v) is 8.74. The third-order valence-electron chi connectivity index (χ3n) is 6.54. The van der Waals surface area contributed by atoms with Gasteiger partial charge in [0.15, 0.2) is 0 Å². The monoisotopic (exact) mass is 474 g/mol. The van der Waals surface area contributed by atoms with Gasteiger partial charge < -0.3 is 9.64 Å². The van der Waals surface area contributed by atoms with E-state index in [1.54, 1.807) is 12.1 Å². The SMILES string of the molecule is CSc1ccc(S(=O)(=O)NCC2(c3ccccc3)CCOCC2)cc1C(=O)N1CCCC1. The highest BCUT2D eigenvalue weighted by molar-refractivity contribution is 7.98. The highest BCUT2D eigenvalue weighted by Crippen LogP contribution is 2.35. The van der Waals surface area contributed by atoms with Crippen molar-refractivity contribution in [2.75, 3.05) is 39.1 Å². The van der Waals surface area contributed by atoms with E-state index in [1.807, 2.05) is 29.4 Å². The number of likely N-dealkylation sites (tertiary alicyclic amines) is 1. The summed E-state index contributed by atoms with van der Waals surface area (Å²) in [5.41, 5.74) is 1.28. The zero-order chi connectivity index (χ0) is 22.6. The van der Waals surface area contributed by atoms with Crippen LogP contribution in [0.15, 0.2) is 58.3 Å². The highest BCUT2D eigenvalue weighted by Gasteiger charge is 2.36. The van der Waals surface area contributed by atoms with Crippen LogP contribution in [0.4, 0.5) is 0 Å². The topological polar surface area (TPSA) is 75.7 Å². The summed E-state index contributed by atoms with van der Waals surface area (Å²) in [6.07, 6.45) is 5.39. The first kappa shape index (κ1) is 23.3. The molecule has 0 aliphatic carbocycles. The number of benzene rings is 2. The minimum absolute atomic E-state index is 0.0888. The second-order valence-electron chi connectivity index (χ2n) is 8.44. The largest absolute Gasteiger partial charge is 0.381 e. The molecule has 6 nitrogen and oxygen atoms in total. The lowest BCUT2D eigenvalue weighted by Crippen LogP contribution is -2.44. The third kappa shape index (κ3) is 4.88. The van der Waals surface area contributed by atoms with Gasteiger partial charge in [-0.15, -0.1) is 11.8 Å². The zero-order valence-corrected chi connectivity index (χ0v) is 20.0. The number of carbonyl (C=O) groups is 1. The van der Waals surface area contributed by atoms with Gasteiger partial charge >= 0.3 is 0 Å². The molecule has 1 amide bonds. The molecule has 2 aromatic rings. The van der Waals surface area contributed by atoms with Gasteiger partial charge in [-0.25, -0.2) is 13.1 Å². The molecule has 0 spiro atoms. The van der Waals surface area contributed by atoms with E-state index in [9.17, 15) is 13.2 Å². The van der Waals surface area contributed by atoms with Crippen LogP contribution in [0.2, 0.25) is 0 Å². The second-order valence-corrected chi connectivity index (χ2v) is 11.1. The number of nitrogens with zero attached hydrogens (tertiary/aromatic N) is 1. The van der Waals surface area contributed by atoms with Gasteiger partial charge in [-0.1, -0.05) is 30.3 Å². The van der Waals surface area contributed by atoms with Crippen molar-refractivity contribution in [1.82, 2.24) is 9.62 Å². The van der Waals surface area contributed by atoms with Crippen LogP contribution in [0, 0.1) is 0 Å². The standard InChI is InChI=1S/C24H30N2O4S2/c1-31-22-10-9-20(17-21(22)23(27)26-13-5-6-14-26)32(28,29)25-18-24(11-15-30-16-12-24)19-7-3-2-4-8-19/h2-4,7-10,17,25H,5-6,11-16,18H2,1H3. The molecule has 0 atom stereocenters. The van der Waals surface area contributed by atoms with E-state index in [1.165, 1.54) is 17.8 Å². The van der Waals surface area contributed by atoms with Crippen molar-refractivity contribution in [3.8, 4) is 0 Å². The zero-order valence-electron chi connectivity index (χ0n) is 18.4. The van der Waals surface area contributed by atoms with Crippen molar-refractivity contribution in [3.63, 3.8) is 0 Å². The van der Waals surface area contributed by atoms with Crippen LogP contribution in [0.1, 0.15) is 41.6 Å². The molecule has 0 aromatic heterocycles. The molecule has 0 radical (unpaired) electrons. The average molecular weight is 475 g/mol. The molecule has 1 N–H and O–H groups in total. The predicted molar refractivity (Wildman–Crippen MR) is 127 cm³/mol. The Bertz CT molecular complexity index is 1040. The van der Waals surface area contributed by atoms with Crippen molar-refractivity contribution in [2.45, 2.75) is 40.9 Å². The number of rotatable bonds is 7. The second kappa shape index (κ2) is 9.95. The number of ether oxygens (including phenoxy) is 1. The summed E-state index contributed by atoms with van der Waals surface area (Å²) < 4.78 is 34.9. The molecule has 0 bridgehead atoms. The molecule has 2 aromatic carbocycles. The molecular weight excluding hydrogens is 444 g/mol. The van der Waals surface area contributed by atoms with Gasteiger partial charge in [-0.05, 0) is 55.7 Å². The molecule has 0 unspecified atom stereocenters. The van der Waals surface area contributed by atoms with Gasteiger partial charge in [0.25, 0.3) is 5.91 Å². The number of carbonyl (C=O) groups excluding carboxylic acids is 1. The van der Waals surface area contributed by atoms with Gasteiger partial charge in [0.2, 0.25) is 10.0 Å². The van der Waals surface area contributed by atoms with E-state index in [-0.39, 0.29) is 16.2 Å². The number of thioether (sulfide) groups is 1. The maximum atomic E-state index is 13.3. The molecule has 2 aliphatic heterocycles. The lowest BCUT2D eigenvalue weighted by molar-refractivity contribution is 0.0517. The molecule has 2 aliphatic rings. The Kier molecular flexibility index (Phi) is 7.24. The van der Waals surface area contributed by atoms with E-state index >= 15 is 0 Å². The Hall–Kier alpha value is -1.87. The Morgan fingerprint density at radius 3 is 2.44 bits per heavy atom. The Labute approximate surface area is 194 Å². The lowest BCUT2D eigenvalue weighted by Gasteiger charge is -2.37. The van der Waals surface area contributed by atoms with Crippen LogP contribution in [0.3, 0.4) is 0 Å². The summed E-state index contributed by atoms with van der Waals surface area (Å²) in [5, 5.41) is 0. The first-order chi connectivity index (χ1) is 15.5. The van der Waals surface area contributed by atoms with Crippen LogP contribution >= 0.6 is 11.8 Å². The maximum Gasteiger partial charge on any atom is 0.255 e. The predicted octanol–water partition coefficient (Wildman–Crippen LogP) is 3.67. The Balaban J connectivity index is 1.59. The fraction of sp³-hybridized carbons (Fsp3) is 0.458. The minimum atomic E-state index is -3.78. The van der Waals surface area contributed by atoms with Gasteiger partial charge in [-0.3, -0.25) is 4.79 Å². The number of hydrogen-bond donors (Lipinski definition) is 1. The quantitative estimate of drug-likeness (QED) is 0.620. The Morgan fingerprint density at radius 2 is 1.78 bits per heavy atom. The van der Waals surface area contributed by atoms with Crippen LogP contribution < -0.4 is 4.72 Å². The van der Waals surface area contributed by atoms with Crippen molar-refractivity contribution in [3.05, 3.63) is 59.7 Å². The molecule has 2 fully saturated rings. The molecule has 2 saturated heterocycles. The summed E-state index contributed by atoms with van der Waals surface area (Å²) in [7, 11) is -3.78. The molecule has 8 heteroatoms. The van der Waals surface area contributed by atoms with Crippen LogP contribution in [0.5, 0.6) is 0 Å². The summed E-state index contributed by atoms with van der Waals surface area (Å²) in [6, 6.07) is 14.9. The highest BCUT2D eigenvalue weighted by atomic mass is 32.2. The van der Waals surface area contributed by atoms with Crippen LogP contribution in [0.25, 0.3) is 0 Å². The number of sulfonamides is 1. The number of nitrogens with one attached hydrogen (secondary N) is 1. The molecule has 32 heavy (non-hydrogen) atoms. The van der Waals surface area contributed by atoms with E-state index in [0.717, 1.165) is 49.2 Å². The van der Waals surface area contributed by atoms with E-state index in [0.29, 0.717) is 25.3 Å². The summed E-state index contributed by atoms with van der Waals surface area (Å²) in [6.45, 7) is 2.95. The van der Waals surface area contributed by atoms with Crippen molar-refractivity contribution >= 4 is 27.7 Å².